The van der Waals surface area contributed by atoms with Gasteiger partial charge in [0.1, 0.15) is 29.5 Å². The van der Waals surface area contributed by atoms with Gasteiger partial charge < -0.3 is 10.5 Å². The Kier molecular flexibility index (Phi) is 6.34. The fourth-order valence-electron chi connectivity index (χ4n) is 4.09. The van der Waals surface area contributed by atoms with Gasteiger partial charge >= 0.3 is 0 Å². The van der Waals surface area contributed by atoms with E-state index >= 15 is 0 Å². The third-order valence-corrected chi connectivity index (χ3v) is 5.64. The molecular weight excluding hydrogens is 449 g/mol. The molecular formula is C25H24FN7O2. The number of nitrogens with two attached hydrogens (primary N) is 1. The number of hydrogen-bond donors (Lipinski definition) is 1. The minimum absolute atomic E-state index is 0.0403. The van der Waals surface area contributed by atoms with Crippen molar-refractivity contribution in [1.82, 2.24) is 24.3 Å². The van der Waals surface area contributed by atoms with Crippen molar-refractivity contribution in [3.05, 3.63) is 75.8 Å². The van der Waals surface area contributed by atoms with Crippen LogP contribution in [0.15, 0.2) is 47.5 Å². The van der Waals surface area contributed by atoms with Crippen molar-refractivity contribution in [3.63, 3.8) is 0 Å². The van der Waals surface area contributed by atoms with E-state index in [9.17, 15) is 14.4 Å². The van der Waals surface area contributed by atoms with Crippen LogP contribution < -0.4 is 16.0 Å². The number of nitrogens with zero attached hydrogens (tertiary/aromatic N) is 6. The van der Waals surface area contributed by atoms with Gasteiger partial charge in [0, 0.05) is 47.8 Å². The van der Waals surface area contributed by atoms with Crippen molar-refractivity contribution in [2.75, 3.05) is 5.73 Å². The van der Waals surface area contributed by atoms with Gasteiger partial charge in [-0.05, 0) is 31.2 Å². The summed E-state index contributed by atoms with van der Waals surface area (Å²) in [5.74, 6) is 0.317. The molecule has 9 nitrogen and oxygen atoms in total. The fraction of sp³-hybridized carbons (Fsp3) is 0.240. The zero-order chi connectivity index (χ0) is 25.3. The summed E-state index contributed by atoms with van der Waals surface area (Å²) in [5, 5.41) is 14.3. The van der Waals surface area contributed by atoms with Crippen molar-refractivity contribution in [2.24, 2.45) is 7.05 Å². The SMILES string of the molecule is CC.CC1Oc2cc(cnc2N)-c2c(nn(C)c2C#N)Cn2c(nccc2=O)-c2ccc(F)cc21. The molecule has 178 valence electrons. The topological polar surface area (TPSA) is 125 Å². The summed E-state index contributed by atoms with van der Waals surface area (Å²) >= 11 is 0. The lowest BCUT2D eigenvalue weighted by Gasteiger charge is -2.22. The second-order valence-corrected chi connectivity index (χ2v) is 7.70. The maximum Gasteiger partial charge on any atom is 0.254 e. The molecule has 4 heterocycles. The van der Waals surface area contributed by atoms with E-state index in [2.05, 4.69) is 21.1 Å². The lowest BCUT2D eigenvalue weighted by Crippen LogP contribution is -2.24. The molecule has 1 unspecified atom stereocenters. The zero-order valence-corrected chi connectivity index (χ0v) is 19.8. The van der Waals surface area contributed by atoms with E-state index in [-0.39, 0.29) is 23.7 Å². The van der Waals surface area contributed by atoms with E-state index in [0.29, 0.717) is 39.5 Å². The number of ether oxygens (including phenoxy) is 1. The van der Waals surface area contributed by atoms with Crippen LogP contribution in [0.2, 0.25) is 0 Å². The average Bonchev–Trinajstić information content (AvgIpc) is 3.17. The summed E-state index contributed by atoms with van der Waals surface area (Å²) in [6.45, 7) is 5.79. The Bertz CT molecular complexity index is 1520. The van der Waals surface area contributed by atoms with E-state index < -0.39 is 11.9 Å². The van der Waals surface area contributed by atoms with Crippen LogP contribution >= 0.6 is 0 Å². The van der Waals surface area contributed by atoms with Gasteiger partial charge in [0.15, 0.2) is 11.6 Å². The molecule has 0 radical (unpaired) electrons. The molecule has 0 aliphatic carbocycles. The monoisotopic (exact) mass is 473 g/mol. The van der Waals surface area contributed by atoms with E-state index in [1.807, 2.05) is 13.8 Å². The number of nitriles is 1. The Morgan fingerprint density at radius 1 is 1.23 bits per heavy atom. The number of fused-ring (bicyclic) bond motifs is 7. The van der Waals surface area contributed by atoms with Gasteiger partial charge in [-0.1, -0.05) is 13.8 Å². The minimum atomic E-state index is -0.649. The van der Waals surface area contributed by atoms with Gasteiger partial charge in [0.25, 0.3) is 5.56 Å². The summed E-state index contributed by atoms with van der Waals surface area (Å²) in [7, 11) is 1.65. The molecule has 0 spiro atoms. The number of pyridine rings is 1. The molecule has 35 heavy (non-hydrogen) atoms. The first-order valence-electron chi connectivity index (χ1n) is 11.1. The van der Waals surface area contributed by atoms with Gasteiger partial charge in [-0.2, -0.15) is 10.4 Å². The lowest BCUT2D eigenvalue weighted by atomic mass is 10.0. The van der Waals surface area contributed by atoms with Crippen molar-refractivity contribution in [1.29, 1.82) is 5.26 Å². The molecule has 3 aromatic heterocycles. The number of rotatable bonds is 0. The van der Waals surface area contributed by atoms with Crippen molar-refractivity contribution in [3.8, 4) is 34.3 Å². The van der Waals surface area contributed by atoms with Crippen molar-refractivity contribution < 1.29 is 9.13 Å². The number of aromatic nitrogens is 5. The maximum atomic E-state index is 14.2. The summed E-state index contributed by atoms with van der Waals surface area (Å²) in [5.41, 5.74) is 8.63. The third-order valence-electron chi connectivity index (χ3n) is 5.64. The number of halogens is 1. The number of aryl methyl sites for hydroxylation is 1. The van der Waals surface area contributed by atoms with Gasteiger partial charge in [0.2, 0.25) is 0 Å². The molecule has 1 aromatic carbocycles. The molecule has 0 fully saturated rings. The third kappa shape index (κ3) is 4.12. The molecule has 10 heteroatoms. The standard InChI is InChI=1S/C23H18FN7O2.C2H6/c1-12-16-8-14(24)3-4-15(16)23-27-6-5-20(32)31(23)11-17-21(18(9-25)30(2)29-17)13-7-19(33-12)22(26)28-10-13;1-2/h3-8,10,12H,11H2,1-2H3,(H2,26,28);1-2H3. The summed E-state index contributed by atoms with van der Waals surface area (Å²) in [6.07, 6.45) is 2.28. The second-order valence-electron chi connectivity index (χ2n) is 7.70. The largest absolute Gasteiger partial charge is 0.482 e. The Balaban J connectivity index is 0.00000141. The summed E-state index contributed by atoms with van der Waals surface area (Å²) in [6, 6.07) is 9.40. The first-order valence-corrected chi connectivity index (χ1v) is 11.1. The normalized spacial score (nSPS) is 13.9. The number of anilines is 1. The van der Waals surface area contributed by atoms with Crippen LogP contribution in [0.4, 0.5) is 10.2 Å². The fourth-order valence-corrected chi connectivity index (χ4v) is 4.09. The molecule has 4 aromatic rings. The van der Waals surface area contributed by atoms with Crippen LogP contribution in [-0.2, 0) is 13.6 Å². The van der Waals surface area contributed by atoms with Crippen LogP contribution in [-0.4, -0.2) is 24.3 Å². The molecule has 1 atom stereocenters. The molecule has 0 saturated carbocycles. The molecule has 2 N–H and O–H groups in total. The molecule has 2 bridgehead atoms. The minimum Gasteiger partial charge on any atom is -0.482 e. The maximum absolute atomic E-state index is 14.2. The second kappa shape index (κ2) is 9.38. The molecule has 0 amide bonds. The highest BCUT2D eigenvalue weighted by Crippen LogP contribution is 2.37. The molecule has 1 aliphatic heterocycles. The van der Waals surface area contributed by atoms with Crippen LogP contribution in [0.1, 0.15) is 43.8 Å². The lowest BCUT2D eigenvalue weighted by molar-refractivity contribution is 0.227. The summed E-state index contributed by atoms with van der Waals surface area (Å²) in [4.78, 5) is 21.6. The van der Waals surface area contributed by atoms with Crippen molar-refractivity contribution in [2.45, 2.75) is 33.4 Å². The van der Waals surface area contributed by atoms with E-state index in [0.717, 1.165) is 0 Å². The number of benzene rings is 1. The van der Waals surface area contributed by atoms with E-state index in [1.54, 1.807) is 26.1 Å². The number of nitrogen functional groups attached to an aromatic ring is 1. The highest BCUT2D eigenvalue weighted by molar-refractivity contribution is 5.74. The average molecular weight is 474 g/mol. The first-order chi connectivity index (χ1) is 16.9. The van der Waals surface area contributed by atoms with E-state index in [1.165, 1.54) is 39.8 Å². The quantitative estimate of drug-likeness (QED) is 0.411. The van der Waals surface area contributed by atoms with Crippen LogP contribution in [0, 0.1) is 17.1 Å². The highest BCUT2D eigenvalue weighted by Gasteiger charge is 2.25. The van der Waals surface area contributed by atoms with Crippen LogP contribution in [0.3, 0.4) is 0 Å². The summed E-state index contributed by atoms with van der Waals surface area (Å²) < 4.78 is 23.2. The van der Waals surface area contributed by atoms with Crippen LogP contribution in [0.5, 0.6) is 5.75 Å². The van der Waals surface area contributed by atoms with Crippen molar-refractivity contribution >= 4 is 5.82 Å². The first kappa shape index (κ1) is 23.6. The smallest absolute Gasteiger partial charge is 0.254 e. The molecule has 5 rings (SSSR count). The Morgan fingerprint density at radius 2 is 2.00 bits per heavy atom. The molecule has 1 aliphatic rings. The van der Waals surface area contributed by atoms with Crippen LogP contribution in [0.25, 0.3) is 22.5 Å². The highest BCUT2D eigenvalue weighted by atomic mass is 19.1. The molecule has 0 saturated heterocycles. The van der Waals surface area contributed by atoms with Gasteiger partial charge in [-0.15, -0.1) is 0 Å². The van der Waals surface area contributed by atoms with Gasteiger partial charge in [-0.3, -0.25) is 14.0 Å². The predicted octanol–water partition coefficient (Wildman–Crippen LogP) is 3.83. The van der Waals surface area contributed by atoms with E-state index in [4.69, 9.17) is 10.5 Å². The van der Waals surface area contributed by atoms with Gasteiger partial charge in [0.05, 0.1) is 12.2 Å². The van der Waals surface area contributed by atoms with Gasteiger partial charge in [-0.25, -0.2) is 14.4 Å². The zero-order valence-electron chi connectivity index (χ0n) is 19.8. The number of hydrogen-bond acceptors (Lipinski definition) is 7. The predicted molar refractivity (Wildman–Crippen MR) is 129 cm³/mol. The Labute approximate surface area is 201 Å². The Hall–Kier alpha value is -4.52. The Morgan fingerprint density at radius 3 is 2.74 bits per heavy atom.